The van der Waals surface area contributed by atoms with Gasteiger partial charge in [0.1, 0.15) is 11.6 Å². The highest BCUT2D eigenvalue weighted by atomic mass is 79.9. The molecule has 0 bridgehead atoms. The van der Waals surface area contributed by atoms with Crippen LogP contribution in [0.1, 0.15) is 28.8 Å². The van der Waals surface area contributed by atoms with Crippen molar-refractivity contribution in [2.45, 2.75) is 25.3 Å². The van der Waals surface area contributed by atoms with E-state index in [1.807, 2.05) is 4.90 Å². The highest BCUT2D eigenvalue weighted by Gasteiger charge is 2.38. The van der Waals surface area contributed by atoms with Gasteiger partial charge in [-0.3, -0.25) is 14.2 Å². The van der Waals surface area contributed by atoms with Crippen molar-refractivity contribution in [3.63, 3.8) is 0 Å². The summed E-state index contributed by atoms with van der Waals surface area (Å²) in [6.07, 6.45) is 2.69. The van der Waals surface area contributed by atoms with Crippen molar-refractivity contribution < 1.29 is 9.18 Å². The predicted octanol–water partition coefficient (Wildman–Crippen LogP) is 3.19. The molecule has 5 nitrogen and oxygen atoms in total. The Bertz CT molecular complexity index is 937. The van der Waals surface area contributed by atoms with Crippen LogP contribution in [-0.4, -0.2) is 28.0 Å². The lowest BCUT2D eigenvalue weighted by Gasteiger charge is -2.30. The number of benzene rings is 1. The number of aromatic nitrogens is 1. The van der Waals surface area contributed by atoms with E-state index in [1.165, 1.54) is 16.7 Å². The van der Waals surface area contributed by atoms with Crippen LogP contribution in [0.4, 0.5) is 15.9 Å². The third-order valence-electron chi connectivity index (χ3n) is 4.79. The van der Waals surface area contributed by atoms with E-state index in [9.17, 15) is 14.0 Å². The molecule has 0 saturated heterocycles. The van der Waals surface area contributed by atoms with Crippen molar-refractivity contribution in [2.75, 3.05) is 11.9 Å². The third kappa shape index (κ3) is 2.86. The molecule has 2 heterocycles. The Balaban J connectivity index is 1.82. The minimum absolute atomic E-state index is 0.0839. The van der Waals surface area contributed by atoms with Gasteiger partial charge in [-0.15, -0.1) is 0 Å². The molecule has 7 heteroatoms. The molecule has 0 unspecified atom stereocenters. The molecule has 1 aromatic heterocycles. The van der Waals surface area contributed by atoms with Crippen LogP contribution in [0.15, 0.2) is 33.5 Å². The van der Waals surface area contributed by atoms with E-state index in [4.69, 9.17) is 0 Å². The Morgan fingerprint density at radius 3 is 2.68 bits per heavy atom. The van der Waals surface area contributed by atoms with E-state index in [2.05, 4.69) is 21.2 Å². The Labute approximate surface area is 152 Å². The van der Waals surface area contributed by atoms with Crippen LogP contribution in [0.2, 0.25) is 0 Å². The summed E-state index contributed by atoms with van der Waals surface area (Å²) in [5.74, 6) is -0.194. The fourth-order valence-corrected chi connectivity index (χ4v) is 3.60. The van der Waals surface area contributed by atoms with Gasteiger partial charge >= 0.3 is 0 Å². The highest BCUT2D eigenvalue weighted by molar-refractivity contribution is 9.10. The summed E-state index contributed by atoms with van der Waals surface area (Å²) in [4.78, 5) is 27.1. The first-order valence-corrected chi connectivity index (χ1v) is 9.01. The van der Waals surface area contributed by atoms with Gasteiger partial charge in [0.25, 0.3) is 11.5 Å². The number of carbonyl (C=O) groups excluding carboxylic acids is 1. The van der Waals surface area contributed by atoms with Gasteiger partial charge in [-0.1, -0.05) is 15.9 Å². The average Bonchev–Trinajstić information content (AvgIpc) is 3.39. The number of amides is 1. The molecule has 0 spiro atoms. The molecular weight excluding hydrogens is 389 g/mol. The number of carbonyl (C=O) groups is 1. The molecule has 1 aliphatic carbocycles. The normalized spacial score (nSPS) is 16.8. The summed E-state index contributed by atoms with van der Waals surface area (Å²) in [7, 11) is 1.59. The minimum Gasteiger partial charge on any atom is -0.338 e. The van der Waals surface area contributed by atoms with Gasteiger partial charge in [0.2, 0.25) is 0 Å². The summed E-state index contributed by atoms with van der Waals surface area (Å²) in [5.41, 5.74) is 1.21. The number of hydrogen-bond donors (Lipinski definition) is 1. The van der Waals surface area contributed by atoms with Crippen LogP contribution in [0.25, 0.3) is 0 Å². The zero-order valence-electron chi connectivity index (χ0n) is 13.7. The second-order valence-corrected chi connectivity index (χ2v) is 7.44. The fourth-order valence-electron chi connectivity index (χ4n) is 3.27. The van der Waals surface area contributed by atoms with Crippen LogP contribution < -0.4 is 10.9 Å². The SMILES string of the molecule is Cn1c(Nc2ccc(Br)cc2F)c2c(cc1=O)CCN(C1CC1)C2=O. The van der Waals surface area contributed by atoms with E-state index >= 15 is 0 Å². The first-order valence-electron chi connectivity index (χ1n) is 8.21. The maximum absolute atomic E-state index is 14.2. The quantitative estimate of drug-likeness (QED) is 0.852. The van der Waals surface area contributed by atoms with Crippen LogP contribution in [-0.2, 0) is 13.5 Å². The number of nitrogens with one attached hydrogen (secondary N) is 1. The van der Waals surface area contributed by atoms with Gasteiger partial charge in [0.05, 0.1) is 11.3 Å². The zero-order chi connectivity index (χ0) is 17.7. The van der Waals surface area contributed by atoms with Crippen molar-refractivity contribution in [1.82, 2.24) is 9.47 Å². The van der Waals surface area contributed by atoms with E-state index < -0.39 is 5.82 Å². The van der Waals surface area contributed by atoms with Crippen molar-refractivity contribution in [1.29, 1.82) is 0 Å². The lowest BCUT2D eigenvalue weighted by molar-refractivity contribution is 0.0727. The second-order valence-electron chi connectivity index (χ2n) is 6.52. The van der Waals surface area contributed by atoms with E-state index in [0.29, 0.717) is 34.9 Å². The molecule has 1 saturated carbocycles. The van der Waals surface area contributed by atoms with Gasteiger partial charge in [-0.2, -0.15) is 0 Å². The fraction of sp³-hybridized carbons (Fsp3) is 0.333. The topological polar surface area (TPSA) is 54.3 Å². The molecular formula is C18H17BrFN3O2. The summed E-state index contributed by atoms with van der Waals surface area (Å²) in [6.45, 7) is 0.635. The Kier molecular flexibility index (Phi) is 3.91. The monoisotopic (exact) mass is 405 g/mol. The van der Waals surface area contributed by atoms with E-state index in [-0.39, 0.29) is 17.2 Å². The first-order chi connectivity index (χ1) is 12.0. The van der Waals surface area contributed by atoms with Crippen LogP contribution in [0.3, 0.4) is 0 Å². The van der Waals surface area contributed by atoms with Gasteiger partial charge in [-0.05, 0) is 43.0 Å². The molecule has 4 rings (SSSR count). The minimum atomic E-state index is -0.457. The van der Waals surface area contributed by atoms with Crippen molar-refractivity contribution in [2.24, 2.45) is 7.05 Å². The third-order valence-corrected chi connectivity index (χ3v) is 5.28. The highest BCUT2D eigenvalue weighted by Crippen LogP contribution is 2.34. The van der Waals surface area contributed by atoms with Crippen LogP contribution >= 0.6 is 15.9 Å². The molecule has 1 fully saturated rings. The molecule has 1 aromatic carbocycles. The van der Waals surface area contributed by atoms with Crippen LogP contribution in [0, 0.1) is 5.82 Å². The molecule has 1 N–H and O–H groups in total. The lowest BCUT2D eigenvalue weighted by Crippen LogP contribution is -2.41. The smallest absolute Gasteiger partial charge is 0.258 e. The van der Waals surface area contributed by atoms with Crippen molar-refractivity contribution in [3.8, 4) is 0 Å². The zero-order valence-corrected chi connectivity index (χ0v) is 15.3. The summed E-state index contributed by atoms with van der Waals surface area (Å²) in [6, 6.07) is 6.44. The molecule has 0 radical (unpaired) electrons. The van der Waals surface area contributed by atoms with Crippen LogP contribution in [0.5, 0.6) is 0 Å². The number of nitrogens with zero attached hydrogens (tertiary/aromatic N) is 2. The van der Waals surface area contributed by atoms with Gasteiger partial charge in [-0.25, -0.2) is 4.39 Å². The number of halogens is 2. The molecule has 130 valence electrons. The predicted molar refractivity (Wildman–Crippen MR) is 96.8 cm³/mol. The summed E-state index contributed by atoms with van der Waals surface area (Å²) < 4.78 is 16.2. The summed E-state index contributed by atoms with van der Waals surface area (Å²) >= 11 is 3.22. The lowest BCUT2D eigenvalue weighted by atomic mass is 9.99. The number of fused-ring (bicyclic) bond motifs is 1. The van der Waals surface area contributed by atoms with Gasteiger partial charge in [0.15, 0.2) is 0 Å². The summed E-state index contributed by atoms with van der Waals surface area (Å²) in [5, 5.41) is 2.97. The van der Waals surface area contributed by atoms with E-state index in [1.54, 1.807) is 19.2 Å². The van der Waals surface area contributed by atoms with Crippen molar-refractivity contribution >= 4 is 33.3 Å². The molecule has 2 aromatic rings. The molecule has 25 heavy (non-hydrogen) atoms. The largest absolute Gasteiger partial charge is 0.338 e. The first kappa shape index (κ1) is 16.3. The Hall–Kier alpha value is -2.15. The maximum Gasteiger partial charge on any atom is 0.258 e. The van der Waals surface area contributed by atoms with Crippen molar-refractivity contribution in [3.05, 3.63) is 56.0 Å². The maximum atomic E-state index is 14.2. The standard InChI is InChI=1S/C18H17BrFN3O2/c1-22-15(24)8-10-6-7-23(12-3-4-12)18(25)16(10)17(22)21-14-5-2-11(19)9-13(14)20/h2,5,8-9,12,21H,3-4,6-7H2,1H3. The Morgan fingerprint density at radius 2 is 2.00 bits per heavy atom. The van der Waals surface area contributed by atoms with Gasteiger partial charge < -0.3 is 10.2 Å². The molecule has 0 atom stereocenters. The molecule has 1 amide bonds. The number of pyridine rings is 1. The van der Waals surface area contributed by atoms with E-state index in [0.717, 1.165) is 18.4 Å². The van der Waals surface area contributed by atoms with Gasteiger partial charge in [0, 0.05) is 30.2 Å². The number of hydrogen-bond acceptors (Lipinski definition) is 3. The average molecular weight is 406 g/mol. The molecule has 1 aliphatic heterocycles. The number of anilines is 2. The molecule has 2 aliphatic rings. The second kappa shape index (κ2) is 5.98. The number of rotatable bonds is 3. The Morgan fingerprint density at radius 1 is 1.24 bits per heavy atom.